The SMILES string of the molecule is CCCNc1ncccc1COc1ccc(C#N)cc1. The Morgan fingerprint density at radius 2 is 2.05 bits per heavy atom. The minimum atomic E-state index is 0.450. The van der Waals surface area contributed by atoms with E-state index in [1.165, 1.54) is 0 Å². The first-order valence-electron chi connectivity index (χ1n) is 6.64. The van der Waals surface area contributed by atoms with Crippen LogP contribution in [0.3, 0.4) is 0 Å². The molecular weight excluding hydrogens is 250 g/mol. The number of pyridine rings is 1. The van der Waals surface area contributed by atoms with E-state index in [9.17, 15) is 0 Å². The fourth-order valence-corrected chi connectivity index (χ4v) is 1.74. The van der Waals surface area contributed by atoms with Crippen LogP contribution in [0, 0.1) is 11.3 Å². The van der Waals surface area contributed by atoms with Crippen LogP contribution in [0.25, 0.3) is 0 Å². The van der Waals surface area contributed by atoms with Crippen molar-refractivity contribution in [2.24, 2.45) is 0 Å². The summed E-state index contributed by atoms with van der Waals surface area (Å²) >= 11 is 0. The fraction of sp³-hybridized carbons (Fsp3) is 0.250. The maximum atomic E-state index is 8.75. The Kier molecular flexibility index (Phi) is 4.96. The lowest BCUT2D eigenvalue weighted by molar-refractivity contribution is 0.306. The Morgan fingerprint density at radius 3 is 2.75 bits per heavy atom. The second-order valence-corrected chi connectivity index (χ2v) is 4.36. The molecule has 0 aliphatic rings. The molecule has 0 fully saturated rings. The molecule has 2 aromatic rings. The van der Waals surface area contributed by atoms with Gasteiger partial charge in [-0.05, 0) is 36.8 Å². The van der Waals surface area contributed by atoms with Crippen molar-refractivity contribution in [1.29, 1.82) is 5.26 Å². The molecular formula is C16H17N3O. The van der Waals surface area contributed by atoms with Crippen molar-refractivity contribution in [3.63, 3.8) is 0 Å². The molecule has 0 saturated carbocycles. The summed E-state index contributed by atoms with van der Waals surface area (Å²) < 4.78 is 5.72. The molecule has 0 aliphatic heterocycles. The molecule has 4 nitrogen and oxygen atoms in total. The van der Waals surface area contributed by atoms with Crippen molar-refractivity contribution < 1.29 is 4.74 Å². The first-order valence-corrected chi connectivity index (χ1v) is 6.64. The zero-order valence-corrected chi connectivity index (χ0v) is 11.5. The molecule has 0 unspecified atom stereocenters. The van der Waals surface area contributed by atoms with Crippen LogP contribution in [0.4, 0.5) is 5.82 Å². The van der Waals surface area contributed by atoms with Crippen molar-refractivity contribution in [2.45, 2.75) is 20.0 Å². The number of anilines is 1. The van der Waals surface area contributed by atoms with E-state index in [2.05, 4.69) is 23.3 Å². The van der Waals surface area contributed by atoms with Crippen LogP contribution >= 0.6 is 0 Å². The van der Waals surface area contributed by atoms with E-state index in [4.69, 9.17) is 10.00 Å². The molecule has 0 saturated heterocycles. The number of hydrogen-bond acceptors (Lipinski definition) is 4. The average molecular weight is 267 g/mol. The summed E-state index contributed by atoms with van der Waals surface area (Å²) in [6.45, 7) is 3.45. The van der Waals surface area contributed by atoms with Gasteiger partial charge in [-0.2, -0.15) is 5.26 Å². The van der Waals surface area contributed by atoms with Crippen LogP contribution in [-0.4, -0.2) is 11.5 Å². The monoisotopic (exact) mass is 267 g/mol. The van der Waals surface area contributed by atoms with E-state index in [1.807, 2.05) is 12.1 Å². The van der Waals surface area contributed by atoms with Gasteiger partial charge in [-0.15, -0.1) is 0 Å². The molecule has 0 atom stereocenters. The van der Waals surface area contributed by atoms with Gasteiger partial charge in [-0.1, -0.05) is 13.0 Å². The minimum Gasteiger partial charge on any atom is -0.489 e. The third kappa shape index (κ3) is 3.72. The summed E-state index contributed by atoms with van der Waals surface area (Å²) in [6, 6.07) is 13.1. The Bertz CT molecular complexity index is 587. The predicted molar refractivity (Wildman–Crippen MR) is 78.5 cm³/mol. The van der Waals surface area contributed by atoms with Gasteiger partial charge in [0.2, 0.25) is 0 Å². The minimum absolute atomic E-state index is 0.450. The second kappa shape index (κ2) is 7.15. The zero-order valence-electron chi connectivity index (χ0n) is 11.5. The lowest BCUT2D eigenvalue weighted by Gasteiger charge is -2.11. The molecule has 4 heteroatoms. The number of aromatic nitrogens is 1. The van der Waals surface area contributed by atoms with E-state index < -0.39 is 0 Å². The maximum absolute atomic E-state index is 8.75. The molecule has 0 amide bonds. The van der Waals surface area contributed by atoms with Crippen LogP contribution in [0.15, 0.2) is 42.6 Å². The maximum Gasteiger partial charge on any atom is 0.132 e. The van der Waals surface area contributed by atoms with E-state index in [1.54, 1.807) is 30.5 Å². The molecule has 2 rings (SSSR count). The van der Waals surface area contributed by atoms with Crippen LogP contribution in [0.1, 0.15) is 24.5 Å². The zero-order chi connectivity index (χ0) is 14.2. The van der Waals surface area contributed by atoms with Crippen molar-refractivity contribution in [3.8, 4) is 11.8 Å². The van der Waals surface area contributed by atoms with Crippen molar-refractivity contribution in [1.82, 2.24) is 4.98 Å². The molecule has 0 bridgehead atoms. The van der Waals surface area contributed by atoms with Crippen molar-refractivity contribution in [2.75, 3.05) is 11.9 Å². The largest absolute Gasteiger partial charge is 0.489 e. The number of nitrogens with one attached hydrogen (secondary N) is 1. The van der Waals surface area contributed by atoms with E-state index in [0.29, 0.717) is 12.2 Å². The normalized spacial score (nSPS) is 9.80. The van der Waals surface area contributed by atoms with E-state index >= 15 is 0 Å². The van der Waals surface area contributed by atoms with Crippen molar-refractivity contribution >= 4 is 5.82 Å². The second-order valence-electron chi connectivity index (χ2n) is 4.36. The van der Waals surface area contributed by atoms with Gasteiger partial charge in [0, 0.05) is 18.3 Å². The summed E-state index contributed by atoms with van der Waals surface area (Å²) in [6.07, 6.45) is 2.82. The first kappa shape index (κ1) is 13.9. The topological polar surface area (TPSA) is 57.9 Å². The average Bonchev–Trinajstić information content (AvgIpc) is 2.52. The predicted octanol–water partition coefficient (Wildman–Crippen LogP) is 3.35. The molecule has 102 valence electrons. The summed E-state index contributed by atoms with van der Waals surface area (Å²) in [5.74, 6) is 1.61. The molecule has 1 N–H and O–H groups in total. The molecule has 0 aliphatic carbocycles. The number of nitrogens with zero attached hydrogens (tertiary/aromatic N) is 2. The van der Waals surface area contributed by atoms with E-state index in [0.717, 1.165) is 30.1 Å². The number of benzene rings is 1. The van der Waals surface area contributed by atoms with Gasteiger partial charge < -0.3 is 10.1 Å². The summed E-state index contributed by atoms with van der Waals surface area (Å²) in [4.78, 5) is 4.32. The van der Waals surface area contributed by atoms with Gasteiger partial charge >= 0.3 is 0 Å². The highest BCUT2D eigenvalue weighted by atomic mass is 16.5. The lowest BCUT2D eigenvalue weighted by atomic mass is 10.2. The Labute approximate surface area is 119 Å². The van der Waals surface area contributed by atoms with Crippen LogP contribution in [0.5, 0.6) is 5.75 Å². The van der Waals surface area contributed by atoms with Crippen LogP contribution in [0.2, 0.25) is 0 Å². The molecule has 1 aromatic heterocycles. The highest BCUT2D eigenvalue weighted by Gasteiger charge is 2.03. The summed E-state index contributed by atoms with van der Waals surface area (Å²) in [5, 5.41) is 12.0. The van der Waals surface area contributed by atoms with Crippen LogP contribution in [-0.2, 0) is 6.61 Å². The number of rotatable bonds is 6. The van der Waals surface area contributed by atoms with Gasteiger partial charge in [0.15, 0.2) is 0 Å². The summed E-state index contributed by atoms with van der Waals surface area (Å²) in [7, 11) is 0. The number of hydrogen-bond donors (Lipinski definition) is 1. The molecule has 1 aromatic carbocycles. The van der Waals surface area contributed by atoms with Crippen LogP contribution < -0.4 is 10.1 Å². The van der Waals surface area contributed by atoms with Gasteiger partial charge in [0.1, 0.15) is 18.2 Å². The molecule has 0 spiro atoms. The molecule has 1 heterocycles. The Morgan fingerprint density at radius 1 is 1.25 bits per heavy atom. The van der Waals surface area contributed by atoms with Gasteiger partial charge in [0.25, 0.3) is 0 Å². The lowest BCUT2D eigenvalue weighted by Crippen LogP contribution is -2.07. The first-order chi connectivity index (χ1) is 9.83. The molecule has 0 radical (unpaired) electrons. The Hall–Kier alpha value is -2.54. The number of nitriles is 1. The highest BCUT2D eigenvalue weighted by Crippen LogP contribution is 2.17. The molecule has 20 heavy (non-hydrogen) atoms. The third-order valence-electron chi connectivity index (χ3n) is 2.81. The van der Waals surface area contributed by atoms with Gasteiger partial charge in [-0.25, -0.2) is 4.98 Å². The summed E-state index contributed by atoms with van der Waals surface area (Å²) in [5.41, 5.74) is 1.65. The van der Waals surface area contributed by atoms with Crippen molar-refractivity contribution in [3.05, 3.63) is 53.7 Å². The van der Waals surface area contributed by atoms with Gasteiger partial charge in [-0.3, -0.25) is 0 Å². The fourth-order valence-electron chi connectivity index (χ4n) is 1.74. The quantitative estimate of drug-likeness (QED) is 0.872. The standard InChI is InChI=1S/C16H17N3O/c1-2-9-18-16-14(4-3-10-19-16)12-20-15-7-5-13(11-17)6-8-15/h3-8,10H,2,9,12H2,1H3,(H,18,19). The smallest absolute Gasteiger partial charge is 0.132 e. The Balaban J connectivity index is 2.01. The van der Waals surface area contributed by atoms with Gasteiger partial charge in [0.05, 0.1) is 11.6 Å². The third-order valence-corrected chi connectivity index (χ3v) is 2.81. The highest BCUT2D eigenvalue weighted by molar-refractivity contribution is 5.43. The number of ether oxygens (including phenoxy) is 1. The van der Waals surface area contributed by atoms with E-state index in [-0.39, 0.29) is 0 Å².